The number of carbonyl (C=O) groups is 1. The van der Waals surface area contributed by atoms with E-state index in [0.717, 1.165) is 0 Å². The summed E-state index contributed by atoms with van der Waals surface area (Å²) in [7, 11) is 1.78. The molecule has 0 aliphatic rings. The molecule has 0 radical (unpaired) electrons. The summed E-state index contributed by atoms with van der Waals surface area (Å²) in [5.74, 6) is 0.279. The highest BCUT2D eigenvalue weighted by atomic mass is 19.1. The highest BCUT2D eigenvalue weighted by Crippen LogP contribution is 2.22. The first-order valence-electron chi connectivity index (χ1n) is 5.54. The molecule has 2 aromatic rings. The van der Waals surface area contributed by atoms with Gasteiger partial charge in [0, 0.05) is 24.5 Å². The van der Waals surface area contributed by atoms with Gasteiger partial charge < -0.3 is 4.90 Å². The number of Topliss-reactive ketones (excluding diaryl/α,β-unsaturated/α-hetero) is 1. The molecule has 2 rings (SSSR count). The first-order chi connectivity index (χ1) is 8.58. The van der Waals surface area contributed by atoms with E-state index in [1.165, 1.54) is 19.1 Å². The minimum atomic E-state index is -0.304. The topological polar surface area (TPSA) is 33.2 Å². The quantitative estimate of drug-likeness (QED) is 0.777. The van der Waals surface area contributed by atoms with E-state index in [1.807, 2.05) is 0 Å². The van der Waals surface area contributed by atoms with Crippen LogP contribution in [0.3, 0.4) is 0 Å². The fraction of sp³-hybridized carbons (Fsp3) is 0.143. The van der Waals surface area contributed by atoms with Crippen LogP contribution in [0.25, 0.3) is 0 Å². The van der Waals surface area contributed by atoms with Gasteiger partial charge in [-0.25, -0.2) is 9.37 Å². The minimum absolute atomic E-state index is 0.0220. The molecule has 1 heterocycles. The molecule has 0 amide bonds. The third-order valence-electron chi connectivity index (χ3n) is 2.69. The van der Waals surface area contributed by atoms with Crippen molar-refractivity contribution in [1.29, 1.82) is 0 Å². The number of pyridine rings is 1. The Labute approximate surface area is 105 Å². The summed E-state index contributed by atoms with van der Waals surface area (Å²) in [6, 6.07) is 9.57. The molecule has 0 atom stereocenters. The SMILES string of the molecule is CC(=O)c1ccnc(N(C)c2cccc(F)c2)c1. The number of carbonyl (C=O) groups excluding carboxylic acids is 1. The van der Waals surface area contributed by atoms with Crippen LogP contribution in [0.2, 0.25) is 0 Å². The fourth-order valence-corrected chi connectivity index (χ4v) is 1.64. The summed E-state index contributed by atoms with van der Waals surface area (Å²) >= 11 is 0. The maximum Gasteiger partial charge on any atom is 0.159 e. The lowest BCUT2D eigenvalue weighted by molar-refractivity contribution is 0.101. The molecule has 0 spiro atoms. The average molecular weight is 244 g/mol. The fourth-order valence-electron chi connectivity index (χ4n) is 1.64. The van der Waals surface area contributed by atoms with Gasteiger partial charge in [-0.1, -0.05) is 6.07 Å². The predicted molar refractivity (Wildman–Crippen MR) is 68.7 cm³/mol. The Bertz CT molecular complexity index is 584. The van der Waals surface area contributed by atoms with Gasteiger partial charge in [0.15, 0.2) is 5.78 Å². The Morgan fingerprint density at radius 3 is 2.72 bits per heavy atom. The Morgan fingerprint density at radius 1 is 1.28 bits per heavy atom. The first kappa shape index (κ1) is 12.2. The Morgan fingerprint density at radius 2 is 2.06 bits per heavy atom. The van der Waals surface area contributed by atoms with Crippen molar-refractivity contribution in [2.75, 3.05) is 11.9 Å². The van der Waals surface area contributed by atoms with E-state index in [-0.39, 0.29) is 11.6 Å². The molecule has 0 aliphatic carbocycles. The van der Waals surface area contributed by atoms with E-state index in [9.17, 15) is 9.18 Å². The van der Waals surface area contributed by atoms with Crippen molar-refractivity contribution in [3.63, 3.8) is 0 Å². The van der Waals surface area contributed by atoms with Crippen molar-refractivity contribution in [1.82, 2.24) is 4.98 Å². The Balaban J connectivity index is 2.36. The molecule has 18 heavy (non-hydrogen) atoms. The Hall–Kier alpha value is -2.23. The molecule has 0 fully saturated rings. The molecule has 0 bridgehead atoms. The molecular formula is C14H13FN2O. The third kappa shape index (κ3) is 2.53. The number of benzene rings is 1. The van der Waals surface area contributed by atoms with E-state index < -0.39 is 0 Å². The number of nitrogens with zero attached hydrogens (tertiary/aromatic N) is 2. The molecule has 0 saturated heterocycles. The van der Waals surface area contributed by atoms with Gasteiger partial charge in [-0.2, -0.15) is 0 Å². The summed E-state index contributed by atoms with van der Waals surface area (Å²) in [5, 5.41) is 0. The number of hydrogen-bond acceptors (Lipinski definition) is 3. The number of hydrogen-bond donors (Lipinski definition) is 0. The van der Waals surface area contributed by atoms with Gasteiger partial charge in [0.25, 0.3) is 0 Å². The average Bonchev–Trinajstić information content (AvgIpc) is 2.38. The molecule has 0 saturated carbocycles. The monoisotopic (exact) mass is 244 g/mol. The zero-order valence-corrected chi connectivity index (χ0v) is 10.2. The molecular weight excluding hydrogens is 231 g/mol. The minimum Gasteiger partial charge on any atom is -0.329 e. The van der Waals surface area contributed by atoms with Crippen LogP contribution < -0.4 is 4.90 Å². The highest BCUT2D eigenvalue weighted by Gasteiger charge is 2.08. The second kappa shape index (κ2) is 4.96. The van der Waals surface area contributed by atoms with Crippen LogP contribution >= 0.6 is 0 Å². The molecule has 3 nitrogen and oxygen atoms in total. The van der Waals surface area contributed by atoms with Crippen LogP contribution in [-0.2, 0) is 0 Å². The van der Waals surface area contributed by atoms with Crippen molar-refractivity contribution >= 4 is 17.3 Å². The van der Waals surface area contributed by atoms with Crippen molar-refractivity contribution < 1.29 is 9.18 Å². The van der Waals surface area contributed by atoms with Crippen molar-refractivity contribution in [2.24, 2.45) is 0 Å². The van der Waals surface area contributed by atoms with Gasteiger partial charge in [-0.3, -0.25) is 4.79 Å². The van der Waals surface area contributed by atoms with E-state index in [4.69, 9.17) is 0 Å². The maximum atomic E-state index is 13.1. The number of aromatic nitrogens is 1. The number of halogens is 1. The standard InChI is InChI=1S/C14H13FN2O/c1-10(18)11-6-7-16-14(8-11)17(2)13-5-3-4-12(15)9-13/h3-9H,1-2H3. The smallest absolute Gasteiger partial charge is 0.159 e. The van der Waals surface area contributed by atoms with Crippen LogP contribution in [0, 0.1) is 5.82 Å². The lowest BCUT2D eigenvalue weighted by atomic mass is 10.2. The maximum absolute atomic E-state index is 13.1. The van der Waals surface area contributed by atoms with Crippen LogP contribution in [-0.4, -0.2) is 17.8 Å². The van der Waals surface area contributed by atoms with E-state index in [2.05, 4.69) is 4.98 Å². The predicted octanol–water partition coefficient (Wildman–Crippen LogP) is 3.19. The molecule has 4 heteroatoms. The third-order valence-corrected chi connectivity index (χ3v) is 2.69. The highest BCUT2D eigenvalue weighted by molar-refractivity contribution is 5.94. The van der Waals surface area contributed by atoms with Crippen molar-refractivity contribution in [3.8, 4) is 0 Å². The van der Waals surface area contributed by atoms with Gasteiger partial charge in [0.05, 0.1) is 0 Å². The van der Waals surface area contributed by atoms with Gasteiger partial charge in [0.2, 0.25) is 0 Å². The van der Waals surface area contributed by atoms with Crippen LogP contribution in [0.15, 0.2) is 42.6 Å². The molecule has 0 unspecified atom stereocenters. The summed E-state index contributed by atoms with van der Waals surface area (Å²) in [4.78, 5) is 17.2. The second-order valence-electron chi connectivity index (χ2n) is 4.00. The molecule has 1 aromatic carbocycles. The Kier molecular flexibility index (Phi) is 3.37. The van der Waals surface area contributed by atoms with Crippen LogP contribution in [0.1, 0.15) is 17.3 Å². The lowest BCUT2D eigenvalue weighted by Crippen LogP contribution is -2.12. The lowest BCUT2D eigenvalue weighted by Gasteiger charge is -2.18. The number of ketones is 1. The first-order valence-corrected chi connectivity index (χ1v) is 5.54. The van der Waals surface area contributed by atoms with Gasteiger partial charge in [-0.05, 0) is 37.3 Å². The normalized spacial score (nSPS) is 10.2. The van der Waals surface area contributed by atoms with Crippen LogP contribution in [0.5, 0.6) is 0 Å². The van der Waals surface area contributed by atoms with Gasteiger partial charge >= 0.3 is 0 Å². The largest absolute Gasteiger partial charge is 0.329 e. The van der Waals surface area contributed by atoms with E-state index >= 15 is 0 Å². The zero-order chi connectivity index (χ0) is 13.1. The molecule has 92 valence electrons. The second-order valence-corrected chi connectivity index (χ2v) is 4.00. The van der Waals surface area contributed by atoms with Gasteiger partial charge in [0.1, 0.15) is 11.6 Å². The number of anilines is 2. The summed E-state index contributed by atoms with van der Waals surface area (Å²) in [6.07, 6.45) is 1.57. The summed E-state index contributed by atoms with van der Waals surface area (Å²) < 4.78 is 13.1. The zero-order valence-electron chi connectivity index (χ0n) is 10.2. The van der Waals surface area contributed by atoms with Crippen molar-refractivity contribution in [3.05, 3.63) is 54.0 Å². The van der Waals surface area contributed by atoms with E-state index in [0.29, 0.717) is 17.1 Å². The summed E-state index contributed by atoms with van der Waals surface area (Å²) in [5.41, 5.74) is 1.27. The van der Waals surface area contributed by atoms with Gasteiger partial charge in [-0.15, -0.1) is 0 Å². The van der Waals surface area contributed by atoms with Crippen molar-refractivity contribution in [2.45, 2.75) is 6.92 Å². The molecule has 0 N–H and O–H groups in total. The van der Waals surface area contributed by atoms with E-state index in [1.54, 1.807) is 42.4 Å². The summed E-state index contributed by atoms with van der Waals surface area (Å²) in [6.45, 7) is 1.50. The molecule has 1 aromatic heterocycles. The molecule has 0 aliphatic heterocycles. The van der Waals surface area contributed by atoms with Crippen LogP contribution in [0.4, 0.5) is 15.9 Å². The number of rotatable bonds is 3.